The van der Waals surface area contributed by atoms with Gasteiger partial charge in [-0.1, -0.05) is 48.5 Å². The number of hydrogen-bond donors (Lipinski definition) is 5. The van der Waals surface area contributed by atoms with Gasteiger partial charge in [-0.25, -0.2) is 0 Å². The Morgan fingerprint density at radius 3 is 2.29 bits per heavy atom. The number of nitrogens with one attached hydrogen (secondary N) is 1. The van der Waals surface area contributed by atoms with E-state index >= 15 is 0 Å². The molecule has 3 aromatic rings. The van der Waals surface area contributed by atoms with Gasteiger partial charge >= 0.3 is 0 Å². The third kappa shape index (κ3) is 6.80. The molecule has 0 saturated heterocycles. The number of phenols is 1. The number of ether oxygens (including phenoxy) is 1. The Labute approximate surface area is 182 Å². The highest BCUT2D eigenvalue weighted by Gasteiger charge is 2.10. The van der Waals surface area contributed by atoms with Crippen molar-refractivity contribution in [2.75, 3.05) is 19.7 Å². The van der Waals surface area contributed by atoms with E-state index in [0.29, 0.717) is 30.0 Å². The van der Waals surface area contributed by atoms with Crippen LogP contribution in [0.5, 0.6) is 11.5 Å². The first-order valence-corrected chi connectivity index (χ1v) is 10.3. The third-order valence-corrected chi connectivity index (χ3v) is 5.10. The van der Waals surface area contributed by atoms with Gasteiger partial charge in [0.2, 0.25) is 0 Å². The molecule has 31 heavy (non-hydrogen) atoms. The van der Waals surface area contributed by atoms with Crippen molar-refractivity contribution in [3.8, 4) is 11.5 Å². The van der Waals surface area contributed by atoms with Crippen molar-refractivity contribution < 1.29 is 25.2 Å². The fraction of sp³-hybridized carbons (Fsp3) is 0.280. The van der Waals surface area contributed by atoms with Crippen LogP contribution in [0.1, 0.15) is 34.5 Å². The summed E-state index contributed by atoms with van der Waals surface area (Å²) in [6.45, 7) is 0.978. The Morgan fingerprint density at radius 2 is 1.58 bits per heavy atom. The maximum atomic E-state index is 10.3. The average Bonchev–Trinajstić information content (AvgIpc) is 2.81. The molecule has 0 amide bonds. The van der Waals surface area contributed by atoms with Gasteiger partial charge in [-0.15, -0.1) is 0 Å². The first kappa shape index (κ1) is 22.8. The fourth-order valence-electron chi connectivity index (χ4n) is 3.23. The topological polar surface area (TPSA) is 102 Å². The van der Waals surface area contributed by atoms with E-state index in [-0.39, 0.29) is 19.0 Å². The van der Waals surface area contributed by atoms with E-state index in [4.69, 9.17) is 4.74 Å². The molecule has 0 aliphatic carbocycles. The minimum atomic E-state index is -0.724. The summed E-state index contributed by atoms with van der Waals surface area (Å²) in [4.78, 5) is 0. The Bertz CT molecular complexity index is 930. The zero-order valence-electron chi connectivity index (χ0n) is 17.3. The van der Waals surface area contributed by atoms with Crippen LogP contribution in [-0.2, 0) is 13.0 Å². The van der Waals surface area contributed by atoms with Crippen molar-refractivity contribution in [1.82, 2.24) is 5.32 Å². The van der Waals surface area contributed by atoms with Crippen LogP contribution >= 0.6 is 0 Å². The van der Waals surface area contributed by atoms with Crippen LogP contribution in [0.25, 0.3) is 0 Å². The predicted octanol–water partition coefficient (Wildman–Crippen LogP) is 2.86. The average molecular weight is 424 g/mol. The standard InChI is InChI=1S/C25H29NO5/c27-16-21-14-20(8-11-23(21)28)24(29)15-26-13-12-18-6-9-22(10-7-18)31-17-25(30)19-4-2-1-3-5-19/h1-11,14,24-30H,12-13,15-17H2/t24-,25?/m0/s1. The van der Waals surface area contributed by atoms with E-state index in [1.54, 1.807) is 12.1 Å². The molecule has 0 radical (unpaired) electrons. The second-order valence-electron chi connectivity index (χ2n) is 7.40. The highest BCUT2D eigenvalue weighted by molar-refractivity contribution is 5.36. The second-order valence-corrected chi connectivity index (χ2v) is 7.40. The number of rotatable bonds is 11. The lowest BCUT2D eigenvalue weighted by Gasteiger charge is -2.14. The van der Waals surface area contributed by atoms with Crippen molar-refractivity contribution in [3.63, 3.8) is 0 Å². The van der Waals surface area contributed by atoms with Gasteiger partial charge < -0.3 is 30.5 Å². The summed E-state index contributed by atoms with van der Waals surface area (Å²) in [5, 5.41) is 42.5. The number of aliphatic hydroxyl groups is 3. The smallest absolute Gasteiger partial charge is 0.121 e. The molecule has 0 saturated carbocycles. The summed E-state index contributed by atoms with van der Waals surface area (Å²) in [5.41, 5.74) is 3.00. The monoisotopic (exact) mass is 423 g/mol. The van der Waals surface area contributed by atoms with Crippen LogP contribution in [0.2, 0.25) is 0 Å². The molecule has 0 spiro atoms. The van der Waals surface area contributed by atoms with Crippen molar-refractivity contribution in [2.24, 2.45) is 0 Å². The van der Waals surface area contributed by atoms with Crippen molar-refractivity contribution >= 4 is 0 Å². The van der Waals surface area contributed by atoms with E-state index in [0.717, 1.165) is 17.5 Å². The minimum absolute atomic E-state index is 0.0217. The number of hydrogen-bond acceptors (Lipinski definition) is 6. The van der Waals surface area contributed by atoms with Gasteiger partial charge in [0, 0.05) is 12.1 Å². The number of benzene rings is 3. The minimum Gasteiger partial charge on any atom is -0.508 e. The molecular formula is C25H29NO5. The molecule has 5 N–H and O–H groups in total. The first-order chi connectivity index (χ1) is 15.1. The van der Waals surface area contributed by atoms with Crippen molar-refractivity contribution in [1.29, 1.82) is 0 Å². The predicted molar refractivity (Wildman–Crippen MR) is 119 cm³/mol. The van der Waals surface area contributed by atoms with Crippen LogP contribution < -0.4 is 10.1 Å². The van der Waals surface area contributed by atoms with Gasteiger partial charge in [0.05, 0.1) is 12.7 Å². The highest BCUT2D eigenvalue weighted by Crippen LogP contribution is 2.22. The quantitative estimate of drug-likeness (QED) is 0.304. The molecular weight excluding hydrogens is 394 g/mol. The first-order valence-electron chi connectivity index (χ1n) is 10.3. The van der Waals surface area contributed by atoms with Gasteiger partial charge in [0.15, 0.2) is 0 Å². The van der Waals surface area contributed by atoms with Crippen LogP contribution in [0.3, 0.4) is 0 Å². The maximum Gasteiger partial charge on any atom is 0.121 e. The molecule has 3 aromatic carbocycles. The van der Waals surface area contributed by atoms with Crippen LogP contribution in [0, 0.1) is 0 Å². The molecule has 6 nitrogen and oxygen atoms in total. The van der Waals surface area contributed by atoms with Crippen LogP contribution in [-0.4, -0.2) is 40.1 Å². The van der Waals surface area contributed by atoms with Crippen LogP contribution in [0.4, 0.5) is 0 Å². The van der Waals surface area contributed by atoms with E-state index in [1.165, 1.54) is 6.07 Å². The maximum absolute atomic E-state index is 10.3. The van der Waals surface area contributed by atoms with Gasteiger partial charge in [-0.05, 0) is 53.9 Å². The lowest BCUT2D eigenvalue weighted by Crippen LogP contribution is -2.23. The summed E-state index contributed by atoms with van der Waals surface area (Å²) in [6, 6.07) is 21.9. The van der Waals surface area contributed by atoms with Gasteiger partial charge in [-0.3, -0.25) is 0 Å². The van der Waals surface area contributed by atoms with Crippen LogP contribution in [0.15, 0.2) is 72.8 Å². The van der Waals surface area contributed by atoms with E-state index < -0.39 is 12.2 Å². The molecule has 2 atom stereocenters. The van der Waals surface area contributed by atoms with Gasteiger partial charge in [-0.2, -0.15) is 0 Å². The highest BCUT2D eigenvalue weighted by atomic mass is 16.5. The molecule has 164 valence electrons. The fourth-order valence-corrected chi connectivity index (χ4v) is 3.23. The third-order valence-electron chi connectivity index (χ3n) is 5.10. The number of aromatic hydroxyl groups is 1. The molecule has 1 unspecified atom stereocenters. The summed E-state index contributed by atoms with van der Waals surface area (Å²) in [5.74, 6) is 0.725. The molecule has 0 fully saturated rings. The molecule has 0 aliphatic rings. The molecule has 6 heteroatoms. The summed E-state index contributed by atoms with van der Waals surface area (Å²) in [6.07, 6.45) is -0.604. The van der Waals surface area contributed by atoms with Crippen molar-refractivity contribution in [3.05, 3.63) is 95.1 Å². The van der Waals surface area contributed by atoms with Gasteiger partial charge in [0.1, 0.15) is 24.2 Å². The summed E-state index contributed by atoms with van der Waals surface area (Å²) < 4.78 is 5.68. The lowest BCUT2D eigenvalue weighted by atomic mass is 10.1. The van der Waals surface area contributed by atoms with E-state index in [9.17, 15) is 20.4 Å². The largest absolute Gasteiger partial charge is 0.508 e. The molecule has 0 aromatic heterocycles. The SMILES string of the molecule is OCc1cc([C@@H](O)CNCCc2ccc(OCC(O)c3ccccc3)cc2)ccc1O. The summed E-state index contributed by atoms with van der Waals surface area (Å²) in [7, 11) is 0. The number of aliphatic hydroxyl groups excluding tert-OH is 3. The normalized spacial score (nSPS) is 13.0. The lowest BCUT2D eigenvalue weighted by molar-refractivity contribution is 0.108. The molecule has 0 bridgehead atoms. The van der Waals surface area contributed by atoms with Gasteiger partial charge in [0.25, 0.3) is 0 Å². The zero-order chi connectivity index (χ0) is 22.1. The summed E-state index contributed by atoms with van der Waals surface area (Å²) >= 11 is 0. The van der Waals surface area contributed by atoms with E-state index in [2.05, 4.69) is 5.32 Å². The molecule has 0 aliphatic heterocycles. The Balaban J connectivity index is 1.39. The molecule has 3 rings (SSSR count). The second kappa shape index (κ2) is 11.5. The Morgan fingerprint density at radius 1 is 0.839 bits per heavy atom. The van der Waals surface area contributed by atoms with Crippen molar-refractivity contribution in [2.45, 2.75) is 25.2 Å². The van der Waals surface area contributed by atoms with E-state index in [1.807, 2.05) is 54.6 Å². The Hall–Kier alpha value is -2.90. The zero-order valence-corrected chi connectivity index (χ0v) is 17.3. The Kier molecular flexibility index (Phi) is 8.44. The molecule has 0 heterocycles.